The van der Waals surface area contributed by atoms with Crippen LogP contribution in [0.1, 0.15) is 11.1 Å². The molecule has 0 spiro atoms. The molecule has 15 heavy (non-hydrogen) atoms. The fourth-order valence-corrected chi connectivity index (χ4v) is 2.53. The molecule has 2 aromatic rings. The second kappa shape index (κ2) is 5.61. The Labute approximate surface area is 94.1 Å². The second-order valence-electron chi connectivity index (χ2n) is 3.33. The van der Waals surface area contributed by atoms with Gasteiger partial charge >= 0.3 is 0 Å². The third-order valence-electron chi connectivity index (χ3n) is 2.30. The van der Waals surface area contributed by atoms with Crippen LogP contribution in [-0.2, 0) is 12.2 Å². The molecule has 0 radical (unpaired) electrons. The first kappa shape index (κ1) is 10.3. The fraction of sp³-hybridized carbons (Fsp3) is 0.250. The highest BCUT2D eigenvalue weighted by Crippen LogP contribution is 2.23. The number of fused-ring (bicyclic) bond motifs is 1. The summed E-state index contributed by atoms with van der Waals surface area (Å²) in [7, 11) is 0. The molecule has 3 rings (SSSR count). The average molecular weight is 218 g/mol. The molecule has 78 valence electrons. The zero-order chi connectivity index (χ0) is 10.3. The van der Waals surface area contributed by atoms with Crippen LogP contribution in [0.2, 0.25) is 0 Å². The van der Waals surface area contributed by atoms with E-state index in [0.717, 1.165) is 0 Å². The molecule has 0 saturated carbocycles. The highest BCUT2D eigenvalue weighted by Gasteiger charge is 2.06. The largest absolute Gasteiger partial charge is 0.351 e. The molecular formula is C12H14N2S. The summed E-state index contributed by atoms with van der Waals surface area (Å²) in [5.41, 5.74) is 3.10. The zero-order valence-corrected chi connectivity index (χ0v) is 9.33. The van der Waals surface area contributed by atoms with E-state index >= 15 is 0 Å². The van der Waals surface area contributed by atoms with Crippen LogP contribution < -0.4 is 0 Å². The second-order valence-corrected chi connectivity index (χ2v) is 4.44. The van der Waals surface area contributed by atoms with Crippen LogP contribution in [-0.4, -0.2) is 15.7 Å². The molecule has 1 aromatic heterocycles. The monoisotopic (exact) mass is 218 g/mol. The van der Waals surface area contributed by atoms with E-state index in [2.05, 4.69) is 34.2 Å². The Kier molecular flexibility index (Phi) is 3.85. The molecule has 0 atom stereocenters. The minimum absolute atomic E-state index is 1.22. The Morgan fingerprint density at radius 3 is 2.67 bits per heavy atom. The van der Waals surface area contributed by atoms with Crippen LogP contribution in [0.4, 0.5) is 0 Å². The number of hydrogen-bond donors (Lipinski definition) is 1. The highest BCUT2D eigenvalue weighted by atomic mass is 32.2. The quantitative estimate of drug-likeness (QED) is 0.736. The number of nitrogens with zero attached hydrogens (tertiary/aromatic N) is 1. The van der Waals surface area contributed by atoms with Crippen molar-refractivity contribution in [3.05, 3.63) is 54.1 Å². The van der Waals surface area contributed by atoms with Gasteiger partial charge in [-0.15, -0.1) is 0 Å². The third-order valence-corrected chi connectivity index (χ3v) is 3.31. The fourth-order valence-electron chi connectivity index (χ4n) is 1.52. The van der Waals surface area contributed by atoms with Crippen LogP contribution in [0.3, 0.4) is 0 Å². The number of aromatic amines is 1. The first-order chi connectivity index (χ1) is 7.47. The van der Waals surface area contributed by atoms with Crippen molar-refractivity contribution < 1.29 is 0 Å². The lowest BCUT2D eigenvalue weighted by Crippen LogP contribution is -2.00. The minimum Gasteiger partial charge on any atom is -0.351 e. The predicted octanol–water partition coefficient (Wildman–Crippen LogP) is 2.89. The van der Waals surface area contributed by atoms with Crippen LogP contribution in [0, 0.1) is 0 Å². The van der Waals surface area contributed by atoms with E-state index in [-0.39, 0.29) is 0 Å². The van der Waals surface area contributed by atoms with Crippen LogP contribution in [0.15, 0.2) is 43.0 Å². The molecule has 0 bridgehead atoms. The van der Waals surface area contributed by atoms with Gasteiger partial charge in [0.1, 0.15) is 0 Å². The van der Waals surface area contributed by atoms with Crippen molar-refractivity contribution in [3.63, 3.8) is 0 Å². The lowest BCUT2D eigenvalue weighted by Gasteiger charge is -2.13. The molecule has 0 saturated heterocycles. The topological polar surface area (TPSA) is 28.7 Å². The smallest absolute Gasteiger partial charge is 0.0919 e. The number of imidazole rings is 1. The molecule has 1 aliphatic heterocycles. The van der Waals surface area contributed by atoms with Gasteiger partial charge in [-0.3, -0.25) is 0 Å². The molecule has 3 heteroatoms. The van der Waals surface area contributed by atoms with E-state index < -0.39 is 0 Å². The summed E-state index contributed by atoms with van der Waals surface area (Å²) < 4.78 is 0. The Morgan fingerprint density at radius 1 is 1.20 bits per heavy atom. The zero-order valence-electron chi connectivity index (χ0n) is 8.52. The van der Waals surface area contributed by atoms with Gasteiger partial charge < -0.3 is 4.98 Å². The van der Waals surface area contributed by atoms with Gasteiger partial charge in [0.2, 0.25) is 0 Å². The number of aryl methyl sites for hydroxylation is 1. The first-order valence-corrected chi connectivity index (χ1v) is 6.19. The molecule has 1 N–H and O–H groups in total. The van der Waals surface area contributed by atoms with Gasteiger partial charge in [-0.25, -0.2) is 4.98 Å². The first-order valence-electron chi connectivity index (χ1n) is 5.04. The number of H-pyrrole nitrogens is 1. The van der Waals surface area contributed by atoms with Gasteiger partial charge in [-0.1, -0.05) is 24.3 Å². The van der Waals surface area contributed by atoms with Crippen molar-refractivity contribution in [2.75, 3.05) is 5.75 Å². The van der Waals surface area contributed by atoms with E-state index in [1.54, 1.807) is 29.8 Å². The van der Waals surface area contributed by atoms with E-state index in [1.165, 1.54) is 17.9 Å². The standard InChI is InChI=1S/C9H10S.C3H4N2/c1-2-4-9-7-10-6-5-8(9)3-1;1-2-5-3-4-1/h1-4H,5-7H2;1-3H,(H,4,5). The molecule has 0 aliphatic carbocycles. The third kappa shape index (κ3) is 3.13. The van der Waals surface area contributed by atoms with Gasteiger partial charge in [0.05, 0.1) is 6.33 Å². The number of aromatic nitrogens is 2. The maximum atomic E-state index is 3.67. The Balaban J connectivity index is 0.000000144. The Hall–Kier alpha value is -1.22. The van der Waals surface area contributed by atoms with Gasteiger partial charge in [0.15, 0.2) is 0 Å². The molecule has 0 amide bonds. The lowest BCUT2D eigenvalue weighted by atomic mass is 10.1. The van der Waals surface area contributed by atoms with Crippen molar-refractivity contribution in [2.45, 2.75) is 12.2 Å². The van der Waals surface area contributed by atoms with E-state index in [0.29, 0.717) is 0 Å². The minimum atomic E-state index is 1.22. The van der Waals surface area contributed by atoms with Crippen molar-refractivity contribution in [3.8, 4) is 0 Å². The Bertz CT molecular complexity index is 342. The summed E-state index contributed by atoms with van der Waals surface area (Å²) in [5, 5.41) is 0. The molecule has 2 nitrogen and oxygen atoms in total. The molecule has 1 aliphatic rings. The summed E-state index contributed by atoms with van der Waals surface area (Å²) >= 11 is 2.04. The van der Waals surface area contributed by atoms with Crippen molar-refractivity contribution in [1.29, 1.82) is 0 Å². The molecule has 0 unspecified atom stereocenters. The van der Waals surface area contributed by atoms with Gasteiger partial charge in [-0.05, 0) is 23.3 Å². The van der Waals surface area contributed by atoms with Crippen LogP contribution in [0.5, 0.6) is 0 Å². The number of thioether (sulfide) groups is 1. The molecular weight excluding hydrogens is 204 g/mol. The van der Waals surface area contributed by atoms with Crippen molar-refractivity contribution >= 4 is 11.8 Å². The summed E-state index contributed by atoms with van der Waals surface area (Å²) in [6.45, 7) is 0. The van der Waals surface area contributed by atoms with Crippen molar-refractivity contribution in [1.82, 2.24) is 9.97 Å². The SMILES string of the molecule is c1c[nH]cn1.c1ccc2c(c1)CCSC2. The normalized spacial score (nSPS) is 13.6. The summed E-state index contributed by atoms with van der Waals surface area (Å²) in [5.74, 6) is 2.52. The number of nitrogens with one attached hydrogen (secondary N) is 1. The molecule has 2 heterocycles. The van der Waals surface area contributed by atoms with Crippen LogP contribution in [0.25, 0.3) is 0 Å². The van der Waals surface area contributed by atoms with Gasteiger partial charge in [-0.2, -0.15) is 11.8 Å². The summed E-state index contributed by atoms with van der Waals surface area (Å²) in [4.78, 5) is 6.42. The molecule has 0 fully saturated rings. The van der Waals surface area contributed by atoms with Crippen molar-refractivity contribution in [2.24, 2.45) is 0 Å². The number of rotatable bonds is 0. The maximum absolute atomic E-state index is 3.67. The molecule has 1 aromatic carbocycles. The Morgan fingerprint density at radius 2 is 2.07 bits per heavy atom. The van der Waals surface area contributed by atoms with E-state index in [1.807, 2.05) is 11.8 Å². The average Bonchev–Trinajstić information content (AvgIpc) is 2.88. The summed E-state index contributed by atoms with van der Waals surface area (Å²) in [6, 6.07) is 8.75. The number of benzene rings is 1. The van der Waals surface area contributed by atoms with E-state index in [4.69, 9.17) is 0 Å². The van der Waals surface area contributed by atoms with Crippen LogP contribution >= 0.6 is 11.8 Å². The number of hydrogen-bond acceptors (Lipinski definition) is 2. The maximum Gasteiger partial charge on any atom is 0.0919 e. The highest BCUT2D eigenvalue weighted by molar-refractivity contribution is 7.98. The van der Waals surface area contributed by atoms with Gasteiger partial charge in [0.25, 0.3) is 0 Å². The lowest BCUT2D eigenvalue weighted by molar-refractivity contribution is 1.09. The van der Waals surface area contributed by atoms with Gasteiger partial charge in [0, 0.05) is 18.1 Å². The summed E-state index contributed by atoms with van der Waals surface area (Å²) in [6.07, 6.45) is 6.35. The predicted molar refractivity (Wildman–Crippen MR) is 64.9 cm³/mol. The van der Waals surface area contributed by atoms with E-state index in [9.17, 15) is 0 Å².